The number of hydrogen-bond acceptors (Lipinski definition) is 2. The van der Waals surface area contributed by atoms with E-state index in [1.807, 2.05) is 30.4 Å². The molecule has 3 heteroatoms. The Labute approximate surface area is 124 Å². The van der Waals surface area contributed by atoms with Crippen molar-refractivity contribution in [1.82, 2.24) is 5.32 Å². The van der Waals surface area contributed by atoms with Crippen LogP contribution >= 0.6 is 11.3 Å². The van der Waals surface area contributed by atoms with Crippen molar-refractivity contribution < 1.29 is 4.39 Å². The minimum Gasteiger partial charge on any atom is -0.310 e. The van der Waals surface area contributed by atoms with Crippen LogP contribution in [0, 0.1) is 12.7 Å². The summed E-state index contributed by atoms with van der Waals surface area (Å²) in [5.74, 6) is -0.131. The van der Waals surface area contributed by atoms with E-state index in [-0.39, 0.29) is 11.9 Å². The van der Waals surface area contributed by atoms with Gasteiger partial charge in [0.2, 0.25) is 0 Å². The third kappa shape index (κ3) is 3.68. The molecule has 0 aliphatic rings. The summed E-state index contributed by atoms with van der Waals surface area (Å²) in [6.45, 7) is 7.02. The van der Waals surface area contributed by atoms with Gasteiger partial charge in [0, 0.05) is 22.2 Å². The monoisotopic (exact) mass is 291 g/mol. The second-order valence-corrected chi connectivity index (χ2v) is 6.30. The molecule has 0 saturated heterocycles. The summed E-state index contributed by atoms with van der Waals surface area (Å²) in [4.78, 5) is 2.81. The van der Waals surface area contributed by atoms with E-state index in [1.165, 1.54) is 9.75 Å². The van der Waals surface area contributed by atoms with Gasteiger partial charge in [0.1, 0.15) is 5.82 Å². The molecule has 1 aromatic heterocycles. The molecule has 0 aliphatic carbocycles. The zero-order valence-electron chi connectivity index (χ0n) is 12.4. The Kier molecular flexibility index (Phi) is 5.32. The van der Waals surface area contributed by atoms with Crippen molar-refractivity contribution in [1.29, 1.82) is 0 Å². The first-order valence-electron chi connectivity index (χ1n) is 7.21. The number of thiophene rings is 1. The van der Waals surface area contributed by atoms with Crippen LogP contribution in [0.5, 0.6) is 0 Å². The van der Waals surface area contributed by atoms with Crippen molar-refractivity contribution in [3.05, 3.63) is 57.0 Å². The van der Waals surface area contributed by atoms with Crippen LogP contribution < -0.4 is 5.32 Å². The van der Waals surface area contributed by atoms with Crippen LogP contribution in [0.3, 0.4) is 0 Å². The van der Waals surface area contributed by atoms with Gasteiger partial charge in [-0.15, -0.1) is 11.3 Å². The van der Waals surface area contributed by atoms with Crippen molar-refractivity contribution in [2.45, 2.75) is 39.7 Å². The van der Waals surface area contributed by atoms with Crippen LogP contribution in [0.4, 0.5) is 4.39 Å². The van der Waals surface area contributed by atoms with Gasteiger partial charge in [-0.1, -0.05) is 26.0 Å². The molecular formula is C17H22FNS. The molecule has 108 valence electrons. The number of nitrogens with one attached hydrogen (secondary N) is 1. The predicted octanol–water partition coefficient (Wildman–Crippen LogP) is 4.65. The van der Waals surface area contributed by atoms with Crippen LogP contribution in [0.2, 0.25) is 0 Å². The largest absolute Gasteiger partial charge is 0.310 e. The lowest BCUT2D eigenvalue weighted by atomic mass is 10.0. The van der Waals surface area contributed by atoms with Crippen LogP contribution in [-0.4, -0.2) is 6.54 Å². The van der Waals surface area contributed by atoms with Crippen molar-refractivity contribution >= 4 is 11.3 Å². The van der Waals surface area contributed by atoms with E-state index in [2.05, 4.69) is 31.3 Å². The fourth-order valence-corrected chi connectivity index (χ4v) is 3.37. The second kappa shape index (κ2) is 7.00. The summed E-state index contributed by atoms with van der Waals surface area (Å²) in [6, 6.07) is 10.1. The molecule has 20 heavy (non-hydrogen) atoms. The van der Waals surface area contributed by atoms with Crippen LogP contribution in [0.1, 0.15) is 40.8 Å². The summed E-state index contributed by atoms with van der Waals surface area (Å²) < 4.78 is 13.4. The van der Waals surface area contributed by atoms with Gasteiger partial charge in [-0.3, -0.25) is 0 Å². The Balaban J connectivity index is 2.19. The molecule has 1 N–H and O–H groups in total. The Morgan fingerprint density at radius 2 is 1.90 bits per heavy atom. The van der Waals surface area contributed by atoms with E-state index in [1.54, 1.807) is 6.07 Å². The normalized spacial score (nSPS) is 12.6. The highest BCUT2D eigenvalue weighted by molar-refractivity contribution is 7.11. The maximum Gasteiger partial charge on any atom is 0.126 e. The molecule has 0 fully saturated rings. The zero-order valence-corrected chi connectivity index (χ0v) is 13.2. The predicted molar refractivity (Wildman–Crippen MR) is 85.0 cm³/mol. The van der Waals surface area contributed by atoms with E-state index >= 15 is 0 Å². The first kappa shape index (κ1) is 15.2. The number of rotatable bonds is 6. The molecular weight excluding hydrogens is 269 g/mol. The van der Waals surface area contributed by atoms with E-state index in [4.69, 9.17) is 0 Å². The van der Waals surface area contributed by atoms with Gasteiger partial charge in [-0.2, -0.15) is 0 Å². The van der Waals surface area contributed by atoms with Crippen LogP contribution in [0.25, 0.3) is 0 Å². The molecule has 2 rings (SSSR count). The Morgan fingerprint density at radius 3 is 2.50 bits per heavy atom. The molecule has 1 atom stereocenters. The molecule has 1 unspecified atom stereocenters. The Morgan fingerprint density at radius 1 is 1.15 bits per heavy atom. The van der Waals surface area contributed by atoms with E-state index in [9.17, 15) is 4.39 Å². The molecule has 0 bridgehead atoms. The summed E-state index contributed by atoms with van der Waals surface area (Å²) in [7, 11) is 0. The maximum atomic E-state index is 13.4. The number of benzene rings is 1. The van der Waals surface area contributed by atoms with Crippen LogP contribution in [0.15, 0.2) is 30.3 Å². The molecule has 1 nitrogen and oxygen atoms in total. The van der Waals surface area contributed by atoms with Crippen molar-refractivity contribution in [3.8, 4) is 0 Å². The van der Waals surface area contributed by atoms with Gasteiger partial charge in [0.25, 0.3) is 0 Å². The fourth-order valence-electron chi connectivity index (χ4n) is 2.36. The number of halogens is 1. The molecule has 0 aliphatic heterocycles. The topological polar surface area (TPSA) is 12.0 Å². The number of aryl methyl sites for hydroxylation is 2. The molecule has 0 amide bonds. The standard InChI is InChI=1S/C17H22FNS/c1-4-14-7-8-15(20-14)11-17(19-5-2)13-6-9-16(18)12(3)10-13/h6-10,17,19H,4-5,11H2,1-3H3. The molecule has 2 aromatic rings. The van der Waals surface area contributed by atoms with Gasteiger partial charge in [-0.05, 0) is 49.2 Å². The highest BCUT2D eigenvalue weighted by Gasteiger charge is 2.13. The molecule has 0 radical (unpaired) electrons. The third-order valence-corrected chi connectivity index (χ3v) is 4.76. The van der Waals surface area contributed by atoms with Gasteiger partial charge < -0.3 is 5.32 Å². The van der Waals surface area contributed by atoms with Gasteiger partial charge in [0.05, 0.1) is 0 Å². The summed E-state index contributed by atoms with van der Waals surface area (Å²) >= 11 is 1.88. The third-order valence-electron chi connectivity index (χ3n) is 3.51. The average molecular weight is 291 g/mol. The van der Waals surface area contributed by atoms with Crippen molar-refractivity contribution in [3.63, 3.8) is 0 Å². The number of hydrogen-bond donors (Lipinski definition) is 1. The smallest absolute Gasteiger partial charge is 0.126 e. The van der Waals surface area contributed by atoms with Crippen LogP contribution in [-0.2, 0) is 12.8 Å². The van der Waals surface area contributed by atoms with Crippen molar-refractivity contribution in [2.75, 3.05) is 6.54 Å². The highest BCUT2D eigenvalue weighted by Crippen LogP contribution is 2.25. The Bertz CT molecular complexity index is 562. The molecule has 0 spiro atoms. The summed E-state index contributed by atoms with van der Waals surface area (Å²) in [5, 5.41) is 3.51. The minimum absolute atomic E-state index is 0.131. The first-order valence-corrected chi connectivity index (χ1v) is 8.02. The summed E-state index contributed by atoms with van der Waals surface area (Å²) in [6.07, 6.45) is 2.05. The Hall–Kier alpha value is -1.19. The van der Waals surface area contributed by atoms with E-state index in [0.29, 0.717) is 5.56 Å². The SMILES string of the molecule is CCNC(Cc1ccc(CC)s1)c1ccc(F)c(C)c1. The lowest BCUT2D eigenvalue weighted by Gasteiger charge is -2.18. The highest BCUT2D eigenvalue weighted by atomic mass is 32.1. The zero-order chi connectivity index (χ0) is 14.5. The molecule has 1 heterocycles. The van der Waals surface area contributed by atoms with E-state index in [0.717, 1.165) is 24.9 Å². The lowest BCUT2D eigenvalue weighted by molar-refractivity contribution is 0.549. The fraction of sp³-hybridized carbons (Fsp3) is 0.412. The van der Waals surface area contributed by atoms with Gasteiger partial charge >= 0.3 is 0 Å². The average Bonchev–Trinajstić information content (AvgIpc) is 2.89. The second-order valence-electron chi connectivity index (χ2n) is 5.04. The quantitative estimate of drug-likeness (QED) is 0.817. The minimum atomic E-state index is -0.131. The summed E-state index contributed by atoms with van der Waals surface area (Å²) in [5.41, 5.74) is 1.88. The van der Waals surface area contributed by atoms with E-state index < -0.39 is 0 Å². The van der Waals surface area contributed by atoms with Gasteiger partial charge in [-0.25, -0.2) is 4.39 Å². The number of likely N-dealkylation sites (N-methyl/N-ethyl adjacent to an activating group) is 1. The first-order chi connectivity index (χ1) is 9.63. The molecule has 0 saturated carbocycles. The van der Waals surface area contributed by atoms with Gasteiger partial charge in [0.15, 0.2) is 0 Å². The lowest BCUT2D eigenvalue weighted by Crippen LogP contribution is -2.22. The van der Waals surface area contributed by atoms with Crippen molar-refractivity contribution in [2.24, 2.45) is 0 Å². The molecule has 1 aromatic carbocycles. The maximum absolute atomic E-state index is 13.4.